The quantitative estimate of drug-likeness (QED) is 0.885. The maximum absolute atomic E-state index is 6.27. The van der Waals surface area contributed by atoms with Crippen molar-refractivity contribution in [2.24, 2.45) is 29.4 Å². The minimum Gasteiger partial charge on any atom is -0.322 e. The Kier molecular flexibility index (Phi) is 2.79. The van der Waals surface area contributed by atoms with Gasteiger partial charge in [0.25, 0.3) is 0 Å². The predicted molar refractivity (Wildman–Crippen MR) is 80.2 cm³/mol. The molecular formula is C17H27N3. The van der Waals surface area contributed by atoms with E-state index in [0.29, 0.717) is 11.3 Å². The number of aromatic amines is 1. The Bertz CT molecular complexity index is 467. The molecular weight excluding hydrogens is 246 g/mol. The van der Waals surface area contributed by atoms with E-state index in [0.717, 1.165) is 23.4 Å². The zero-order valence-corrected chi connectivity index (χ0v) is 12.7. The van der Waals surface area contributed by atoms with Crippen LogP contribution in [-0.4, -0.2) is 10.2 Å². The summed E-state index contributed by atoms with van der Waals surface area (Å²) in [6.07, 6.45) is 8.59. The zero-order chi connectivity index (χ0) is 13.9. The Balaban J connectivity index is 1.64. The largest absolute Gasteiger partial charge is 0.322 e. The van der Waals surface area contributed by atoms with Gasteiger partial charge < -0.3 is 5.73 Å². The summed E-state index contributed by atoms with van der Waals surface area (Å²) >= 11 is 0. The summed E-state index contributed by atoms with van der Waals surface area (Å²) in [5, 5.41) is 7.94. The molecule has 0 aromatic carbocycles. The highest BCUT2D eigenvalue weighted by atomic mass is 15.1. The molecule has 1 atom stereocenters. The van der Waals surface area contributed by atoms with Crippen LogP contribution < -0.4 is 5.73 Å². The average Bonchev–Trinajstić information content (AvgIpc) is 2.86. The molecule has 0 amide bonds. The molecule has 3 heteroatoms. The molecule has 0 spiro atoms. The van der Waals surface area contributed by atoms with Crippen molar-refractivity contribution in [3.8, 4) is 0 Å². The molecule has 1 unspecified atom stereocenters. The van der Waals surface area contributed by atoms with E-state index in [9.17, 15) is 0 Å². The Morgan fingerprint density at radius 2 is 1.70 bits per heavy atom. The first-order chi connectivity index (χ1) is 9.56. The molecule has 110 valence electrons. The van der Waals surface area contributed by atoms with Gasteiger partial charge in [-0.25, -0.2) is 0 Å². The predicted octanol–water partition coefficient (Wildman–Crippen LogP) is 3.53. The van der Waals surface area contributed by atoms with Crippen molar-refractivity contribution in [3.63, 3.8) is 0 Å². The second kappa shape index (κ2) is 4.33. The Morgan fingerprint density at radius 1 is 1.15 bits per heavy atom. The number of nitrogens with zero attached hydrogens (tertiary/aromatic N) is 1. The van der Waals surface area contributed by atoms with E-state index in [4.69, 9.17) is 10.8 Å². The monoisotopic (exact) mass is 273 g/mol. The van der Waals surface area contributed by atoms with Crippen LogP contribution in [0.4, 0.5) is 0 Å². The van der Waals surface area contributed by atoms with Crippen LogP contribution in [0.2, 0.25) is 0 Å². The van der Waals surface area contributed by atoms with Gasteiger partial charge >= 0.3 is 0 Å². The summed E-state index contributed by atoms with van der Waals surface area (Å²) in [7, 11) is 0. The van der Waals surface area contributed by atoms with Crippen LogP contribution in [0.1, 0.15) is 69.8 Å². The fourth-order valence-corrected chi connectivity index (χ4v) is 5.56. The topological polar surface area (TPSA) is 54.7 Å². The third kappa shape index (κ3) is 1.86. The van der Waals surface area contributed by atoms with Crippen molar-refractivity contribution in [2.75, 3.05) is 0 Å². The molecule has 3 nitrogen and oxygen atoms in total. The van der Waals surface area contributed by atoms with Gasteiger partial charge in [-0.3, -0.25) is 5.10 Å². The van der Waals surface area contributed by atoms with Crippen molar-refractivity contribution >= 4 is 0 Å². The molecule has 4 fully saturated rings. The van der Waals surface area contributed by atoms with Crippen molar-refractivity contribution in [3.05, 3.63) is 17.5 Å². The summed E-state index contributed by atoms with van der Waals surface area (Å²) in [6, 6.07) is 2.38. The SMILES string of the molecule is CC(C)C(N)c1cc(C23CC4CC(CC(C4)C2)C3)n[nH]1. The number of aromatic nitrogens is 2. The Hall–Kier alpha value is -0.830. The minimum absolute atomic E-state index is 0.0881. The normalized spacial score (nSPS) is 40.5. The first-order valence-corrected chi connectivity index (χ1v) is 8.37. The molecule has 0 radical (unpaired) electrons. The van der Waals surface area contributed by atoms with E-state index in [1.165, 1.54) is 44.2 Å². The number of hydrogen-bond acceptors (Lipinski definition) is 2. The van der Waals surface area contributed by atoms with Crippen LogP contribution in [0.25, 0.3) is 0 Å². The Labute approximate surface area is 121 Å². The zero-order valence-electron chi connectivity index (χ0n) is 12.7. The maximum atomic E-state index is 6.27. The highest BCUT2D eigenvalue weighted by Gasteiger charge is 2.52. The van der Waals surface area contributed by atoms with E-state index >= 15 is 0 Å². The van der Waals surface area contributed by atoms with Crippen LogP contribution in [0.3, 0.4) is 0 Å². The molecule has 0 saturated heterocycles. The summed E-state index contributed by atoms with van der Waals surface area (Å²) in [5.41, 5.74) is 9.11. The molecule has 4 aliphatic rings. The van der Waals surface area contributed by atoms with Crippen molar-refractivity contribution < 1.29 is 0 Å². The molecule has 4 bridgehead atoms. The molecule has 0 aliphatic heterocycles. The molecule has 1 aromatic rings. The van der Waals surface area contributed by atoms with Crippen molar-refractivity contribution in [1.29, 1.82) is 0 Å². The molecule has 1 aromatic heterocycles. The first-order valence-electron chi connectivity index (χ1n) is 8.37. The lowest BCUT2D eigenvalue weighted by Gasteiger charge is -2.56. The number of hydrogen-bond donors (Lipinski definition) is 2. The smallest absolute Gasteiger partial charge is 0.0687 e. The Morgan fingerprint density at radius 3 is 2.20 bits per heavy atom. The van der Waals surface area contributed by atoms with Crippen LogP contribution in [-0.2, 0) is 5.41 Å². The fourth-order valence-electron chi connectivity index (χ4n) is 5.56. The molecule has 4 aliphatic carbocycles. The maximum Gasteiger partial charge on any atom is 0.0687 e. The third-order valence-electron chi connectivity index (χ3n) is 6.26. The number of nitrogens with one attached hydrogen (secondary N) is 1. The number of nitrogens with two attached hydrogens (primary N) is 1. The lowest BCUT2D eigenvalue weighted by molar-refractivity contribution is -0.00722. The van der Waals surface area contributed by atoms with Gasteiger partial charge in [0.2, 0.25) is 0 Å². The minimum atomic E-state index is 0.0881. The fraction of sp³-hybridized carbons (Fsp3) is 0.824. The van der Waals surface area contributed by atoms with Crippen LogP contribution >= 0.6 is 0 Å². The average molecular weight is 273 g/mol. The standard InChI is InChI=1S/C17H27N3/c1-10(2)16(18)14-6-15(20-19-14)17-7-11-3-12(8-17)5-13(4-11)9-17/h6,10-13,16H,3-5,7-9,18H2,1-2H3,(H,19,20). The molecule has 20 heavy (non-hydrogen) atoms. The van der Waals surface area contributed by atoms with E-state index in [1.54, 1.807) is 0 Å². The van der Waals surface area contributed by atoms with Gasteiger partial charge in [0.05, 0.1) is 11.4 Å². The van der Waals surface area contributed by atoms with E-state index < -0.39 is 0 Å². The molecule has 4 saturated carbocycles. The number of H-pyrrole nitrogens is 1. The molecule has 5 rings (SSSR count). The number of rotatable bonds is 3. The van der Waals surface area contributed by atoms with Gasteiger partial charge in [0.1, 0.15) is 0 Å². The first kappa shape index (κ1) is 12.9. The summed E-state index contributed by atoms with van der Waals surface area (Å²) in [5.74, 6) is 3.38. The van der Waals surface area contributed by atoms with E-state index in [1.807, 2.05) is 0 Å². The van der Waals surface area contributed by atoms with Gasteiger partial charge in [0.15, 0.2) is 0 Å². The summed E-state index contributed by atoms with van der Waals surface area (Å²) < 4.78 is 0. The van der Waals surface area contributed by atoms with Crippen LogP contribution in [0, 0.1) is 23.7 Å². The lowest BCUT2D eigenvalue weighted by Crippen LogP contribution is -2.48. The van der Waals surface area contributed by atoms with Gasteiger partial charge in [-0.2, -0.15) is 5.10 Å². The van der Waals surface area contributed by atoms with Gasteiger partial charge in [-0.1, -0.05) is 13.8 Å². The highest BCUT2D eigenvalue weighted by molar-refractivity contribution is 5.25. The van der Waals surface area contributed by atoms with Gasteiger partial charge in [-0.15, -0.1) is 0 Å². The van der Waals surface area contributed by atoms with Gasteiger partial charge in [0, 0.05) is 11.5 Å². The van der Waals surface area contributed by atoms with Crippen LogP contribution in [0.15, 0.2) is 6.07 Å². The summed E-state index contributed by atoms with van der Waals surface area (Å²) in [6.45, 7) is 4.35. The summed E-state index contributed by atoms with van der Waals surface area (Å²) in [4.78, 5) is 0. The third-order valence-corrected chi connectivity index (χ3v) is 6.26. The van der Waals surface area contributed by atoms with Crippen molar-refractivity contribution in [2.45, 2.75) is 63.8 Å². The van der Waals surface area contributed by atoms with Gasteiger partial charge in [-0.05, 0) is 68.3 Å². The second-order valence-electron chi connectivity index (χ2n) is 8.18. The van der Waals surface area contributed by atoms with Crippen LogP contribution in [0.5, 0.6) is 0 Å². The molecule has 3 N–H and O–H groups in total. The highest BCUT2D eigenvalue weighted by Crippen LogP contribution is 2.60. The molecule has 1 heterocycles. The second-order valence-corrected chi connectivity index (χ2v) is 8.18. The van der Waals surface area contributed by atoms with E-state index in [2.05, 4.69) is 25.0 Å². The lowest BCUT2D eigenvalue weighted by atomic mass is 9.49. The van der Waals surface area contributed by atoms with E-state index in [-0.39, 0.29) is 6.04 Å². The van der Waals surface area contributed by atoms with Crippen molar-refractivity contribution in [1.82, 2.24) is 10.2 Å².